The van der Waals surface area contributed by atoms with E-state index in [0.29, 0.717) is 6.04 Å². The van der Waals surface area contributed by atoms with Crippen molar-refractivity contribution in [1.82, 2.24) is 10.2 Å². The van der Waals surface area contributed by atoms with Crippen LogP contribution in [0.25, 0.3) is 0 Å². The predicted octanol–water partition coefficient (Wildman–Crippen LogP) is 3.20. The van der Waals surface area contributed by atoms with Gasteiger partial charge in [0, 0.05) is 19.1 Å². The molecule has 2 nitrogen and oxygen atoms in total. The lowest BCUT2D eigenvalue weighted by atomic mass is 10.1. The van der Waals surface area contributed by atoms with Crippen molar-refractivity contribution in [1.29, 1.82) is 0 Å². The summed E-state index contributed by atoms with van der Waals surface area (Å²) in [6, 6.07) is 2.79. The van der Waals surface area contributed by atoms with Gasteiger partial charge in [0.1, 0.15) is 0 Å². The molecule has 1 N–H and O–H groups in total. The summed E-state index contributed by atoms with van der Waals surface area (Å²) in [5.41, 5.74) is 1.42. The molecule has 98 valence electrons. The number of likely N-dealkylation sites (N-methyl/N-ethyl adjacent to an activating group) is 1. The first-order valence-electron chi connectivity index (χ1n) is 6.51. The third kappa shape index (κ3) is 6.20. The summed E-state index contributed by atoms with van der Waals surface area (Å²) in [6.07, 6.45) is 1.26. The third-order valence-electron chi connectivity index (χ3n) is 3.10. The number of hydrogen-bond acceptors (Lipinski definition) is 3. The van der Waals surface area contributed by atoms with E-state index >= 15 is 0 Å². The zero-order chi connectivity index (χ0) is 12.7. The summed E-state index contributed by atoms with van der Waals surface area (Å²) >= 11 is 1.78. The van der Waals surface area contributed by atoms with Crippen LogP contribution < -0.4 is 5.32 Å². The van der Waals surface area contributed by atoms with Gasteiger partial charge in [0.05, 0.1) is 0 Å². The van der Waals surface area contributed by atoms with Gasteiger partial charge in [-0.15, -0.1) is 0 Å². The van der Waals surface area contributed by atoms with Crippen LogP contribution in [-0.2, 0) is 6.54 Å². The monoisotopic (exact) mass is 254 g/mol. The van der Waals surface area contributed by atoms with E-state index in [0.717, 1.165) is 25.6 Å². The zero-order valence-corrected chi connectivity index (χ0v) is 12.4. The molecule has 1 atom stereocenters. The Kier molecular flexibility index (Phi) is 6.78. The Balaban J connectivity index is 2.16. The molecule has 1 heterocycles. The average Bonchev–Trinajstić information content (AvgIpc) is 2.76. The van der Waals surface area contributed by atoms with Crippen LogP contribution in [-0.4, -0.2) is 31.1 Å². The molecule has 0 aliphatic carbocycles. The first kappa shape index (κ1) is 14.7. The summed E-state index contributed by atoms with van der Waals surface area (Å²) < 4.78 is 0. The average molecular weight is 254 g/mol. The number of rotatable bonds is 8. The molecule has 0 spiro atoms. The molecule has 1 rings (SSSR count). The summed E-state index contributed by atoms with van der Waals surface area (Å²) in [6.45, 7) is 10.1. The van der Waals surface area contributed by atoms with Crippen molar-refractivity contribution in [3.8, 4) is 0 Å². The van der Waals surface area contributed by atoms with Crippen LogP contribution >= 0.6 is 11.3 Å². The molecule has 3 heteroatoms. The van der Waals surface area contributed by atoms with Crippen molar-refractivity contribution in [2.75, 3.05) is 20.1 Å². The van der Waals surface area contributed by atoms with Crippen molar-refractivity contribution in [3.63, 3.8) is 0 Å². The van der Waals surface area contributed by atoms with E-state index in [1.807, 2.05) is 0 Å². The first-order valence-corrected chi connectivity index (χ1v) is 7.46. The van der Waals surface area contributed by atoms with Gasteiger partial charge in [-0.25, -0.2) is 0 Å². The molecule has 0 amide bonds. The third-order valence-corrected chi connectivity index (χ3v) is 3.83. The Morgan fingerprint density at radius 1 is 1.35 bits per heavy atom. The molecule has 0 aliphatic heterocycles. The highest BCUT2D eigenvalue weighted by Crippen LogP contribution is 2.10. The lowest BCUT2D eigenvalue weighted by Gasteiger charge is -2.24. The minimum Gasteiger partial charge on any atom is -0.315 e. The molecule has 0 saturated heterocycles. The van der Waals surface area contributed by atoms with Crippen molar-refractivity contribution < 1.29 is 0 Å². The van der Waals surface area contributed by atoms with Crippen molar-refractivity contribution in [2.45, 2.75) is 39.8 Å². The Hall–Kier alpha value is -0.380. The Bertz CT molecular complexity index is 282. The molecular formula is C14H26N2S. The van der Waals surface area contributed by atoms with Crippen LogP contribution in [0.3, 0.4) is 0 Å². The highest BCUT2D eigenvalue weighted by Gasteiger charge is 2.09. The van der Waals surface area contributed by atoms with Crippen LogP contribution in [0.1, 0.15) is 32.8 Å². The van der Waals surface area contributed by atoms with E-state index in [1.54, 1.807) is 11.3 Å². The van der Waals surface area contributed by atoms with E-state index in [4.69, 9.17) is 0 Å². The molecule has 0 aliphatic rings. The summed E-state index contributed by atoms with van der Waals surface area (Å²) in [5.74, 6) is 0.793. The lowest BCUT2D eigenvalue weighted by Crippen LogP contribution is -2.37. The van der Waals surface area contributed by atoms with Crippen LogP contribution in [0.4, 0.5) is 0 Å². The fraction of sp³-hybridized carbons (Fsp3) is 0.714. The zero-order valence-electron chi connectivity index (χ0n) is 11.6. The Labute approximate surface area is 110 Å². The lowest BCUT2D eigenvalue weighted by molar-refractivity contribution is 0.242. The van der Waals surface area contributed by atoms with Crippen LogP contribution in [0.15, 0.2) is 16.8 Å². The minimum absolute atomic E-state index is 0.585. The van der Waals surface area contributed by atoms with Gasteiger partial charge in [-0.3, -0.25) is 4.90 Å². The van der Waals surface area contributed by atoms with Crippen LogP contribution in [0.2, 0.25) is 0 Å². The van der Waals surface area contributed by atoms with E-state index in [9.17, 15) is 0 Å². The smallest absolute Gasteiger partial charge is 0.0242 e. The molecule has 1 aromatic rings. The molecule has 1 aromatic heterocycles. The molecule has 0 bridgehead atoms. The van der Waals surface area contributed by atoms with E-state index < -0.39 is 0 Å². The van der Waals surface area contributed by atoms with Gasteiger partial charge in [0.2, 0.25) is 0 Å². The number of hydrogen-bond donors (Lipinski definition) is 1. The van der Waals surface area contributed by atoms with Gasteiger partial charge >= 0.3 is 0 Å². The van der Waals surface area contributed by atoms with Gasteiger partial charge in [0.15, 0.2) is 0 Å². The number of nitrogens with zero attached hydrogens (tertiary/aromatic N) is 1. The molecule has 0 radical (unpaired) electrons. The molecular weight excluding hydrogens is 228 g/mol. The van der Waals surface area contributed by atoms with Gasteiger partial charge < -0.3 is 5.32 Å². The van der Waals surface area contributed by atoms with Crippen molar-refractivity contribution in [3.05, 3.63) is 22.4 Å². The quantitative estimate of drug-likeness (QED) is 0.717. The summed E-state index contributed by atoms with van der Waals surface area (Å²) in [5, 5.41) is 7.92. The highest BCUT2D eigenvalue weighted by atomic mass is 32.1. The van der Waals surface area contributed by atoms with E-state index in [2.05, 4.69) is 54.9 Å². The standard InChI is InChI=1S/C14H26N2S/c1-12(2)5-7-15-9-13(3)16(4)10-14-6-8-17-11-14/h6,8,11-13,15H,5,7,9-10H2,1-4H3. The minimum atomic E-state index is 0.585. The topological polar surface area (TPSA) is 15.3 Å². The molecule has 1 unspecified atom stereocenters. The fourth-order valence-corrected chi connectivity index (χ4v) is 2.34. The SMILES string of the molecule is CC(C)CCNCC(C)N(C)Cc1ccsc1. The van der Waals surface area contributed by atoms with Gasteiger partial charge in [0.25, 0.3) is 0 Å². The van der Waals surface area contributed by atoms with Crippen molar-refractivity contribution in [2.24, 2.45) is 5.92 Å². The number of nitrogens with one attached hydrogen (secondary N) is 1. The molecule has 0 aromatic carbocycles. The number of thiophene rings is 1. The summed E-state index contributed by atoms with van der Waals surface area (Å²) in [4.78, 5) is 2.41. The molecule has 0 fully saturated rings. The van der Waals surface area contributed by atoms with Crippen molar-refractivity contribution >= 4 is 11.3 Å². The second kappa shape index (κ2) is 7.85. The second-order valence-corrected chi connectivity index (χ2v) is 6.06. The maximum atomic E-state index is 3.54. The van der Waals surface area contributed by atoms with Crippen LogP contribution in [0, 0.1) is 5.92 Å². The largest absolute Gasteiger partial charge is 0.315 e. The maximum Gasteiger partial charge on any atom is 0.0242 e. The van der Waals surface area contributed by atoms with Gasteiger partial charge in [-0.2, -0.15) is 11.3 Å². The van der Waals surface area contributed by atoms with Gasteiger partial charge in [-0.1, -0.05) is 13.8 Å². The van der Waals surface area contributed by atoms with Crippen LogP contribution in [0.5, 0.6) is 0 Å². The highest BCUT2D eigenvalue weighted by molar-refractivity contribution is 7.07. The Morgan fingerprint density at radius 2 is 2.12 bits per heavy atom. The normalized spacial score (nSPS) is 13.5. The first-order chi connectivity index (χ1) is 8.09. The summed E-state index contributed by atoms with van der Waals surface area (Å²) in [7, 11) is 2.20. The van der Waals surface area contributed by atoms with Gasteiger partial charge in [-0.05, 0) is 55.2 Å². The second-order valence-electron chi connectivity index (χ2n) is 5.28. The Morgan fingerprint density at radius 3 is 2.71 bits per heavy atom. The molecule has 17 heavy (non-hydrogen) atoms. The predicted molar refractivity (Wildman–Crippen MR) is 77.6 cm³/mol. The fourth-order valence-electron chi connectivity index (χ4n) is 1.68. The van der Waals surface area contributed by atoms with E-state index in [1.165, 1.54) is 12.0 Å². The van der Waals surface area contributed by atoms with E-state index in [-0.39, 0.29) is 0 Å². The molecule has 0 saturated carbocycles. The maximum absolute atomic E-state index is 3.54.